The number of alkyl halides is 3. The number of nitrogens with zero attached hydrogens (tertiary/aromatic N) is 1. The molecule has 1 heterocycles. The molecule has 100 valence electrons. The van der Waals surface area contributed by atoms with E-state index in [9.17, 15) is 18.0 Å². The summed E-state index contributed by atoms with van der Waals surface area (Å²) >= 11 is 0. The number of ether oxygens (including phenoxy) is 1. The van der Waals surface area contributed by atoms with Crippen LogP contribution in [0.15, 0.2) is 24.3 Å². The molecular weight excluding hydrogens is 259 g/mol. The summed E-state index contributed by atoms with van der Waals surface area (Å²) in [5, 5.41) is 0.347. The van der Waals surface area contributed by atoms with E-state index in [0.29, 0.717) is 10.9 Å². The van der Waals surface area contributed by atoms with Crippen LogP contribution in [0.2, 0.25) is 0 Å². The summed E-state index contributed by atoms with van der Waals surface area (Å²) in [5.74, 6) is -0.605. The first-order chi connectivity index (χ1) is 8.84. The Balaban J connectivity index is 2.73. The average Bonchev–Trinajstić information content (AvgIpc) is 2.37. The molecule has 0 unspecified atom stereocenters. The van der Waals surface area contributed by atoms with Gasteiger partial charge in [0.2, 0.25) is 0 Å². The number of pyridine rings is 1. The van der Waals surface area contributed by atoms with E-state index in [1.54, 1.807) is 13.0 Å². The van der Waals surface area contributed by atoms with Crippen molar-refractivity contribution >= 4 is 16.9 Å². The molecule has 0 aliphatic carbocycles. The Labute approximate surface area is 107 Å². The van der Waals surface area contributed by atoms with Crippen molar-refractivity contribution in [2.75, 3.05) is 7.11 Å². The zero-order valence-electron chi connectivity index (χ0n) is 10.2. The molecule has 0 radical (unpaired) electrons. The number of fused-ring (bicyclic) bond motifs is 1. The number of carbonyl (C=O) groups excluding carboxylic acids is 1. The monoisotopic (exact) mass is 269 g/mol. The summed E-state index contributed by atoms with van der Waals surface area (Å²) in [6, 6.07) is 5.15. The van der Waals surface area contributed by atoms with E-state index in [0.717, 1.165) is 6.07 Å². The summed E-state index contributed by atoms with van der Waals surface area (Å²) in [7, 11) is 1.21. The molecule has 0 aliphatic heterocycles. The van der Waals surface area contributed by atoms with Crippen LogP contribution >= 0.6 is 0 Å². The zero-order chi connectivity index (χ0) is 14.2. The van der Waals surface area contributed by atoms with Crippen molar-refractivity contribution in [3.05, 3.63) is 41.1 Å². The van der Waals surface area contributed by atoms with Crippen molar-refractivity contribution in [2.45, 2.75) is 13.1 Å². The summed E-state index contributed by atoms with van der Waals surface area (Å²) < 4.78 is 42.4. The Morgan fingerprint density at radius 3 is 2.47 bits per heavy atom. The third-order valence-corrected chi connectivity index (χ3v) is 2.75. The van der Waals surface area contributed by atoms with Gasteiger partial charge in [-0.05, 0) is 30.7 Å². The van der Waals surface area contributed by atoms with E-state index in [-0.39, 0.29) is 11.1 Å². The molecule has 1 aromatic heterocycles. The second-order valence-electron chi connectivity index (χ2n) is 4.01. The van der Waals surface area contributed by atoms with Gasteiger partial charge >= 0.3 is 12.1 Å². The molecular formula is C13H10F3NO2. The SMILES string of the molecule is COC(=O)c1ccc(C)c2nc(C(F)(F)F)ccc12. The third-order valence-electron chi connectivity index (χ3n) is 2.75. The Morgan fingerprint density at radius 2 is 1.89 bits per heavy atom. The smallest absolute Gasteiger partial charge is 0.433 e. The molecule has 19 heavy (non-hydrogen) atoms. The highest BCUT2D eigenvalue weighted by molar-refractivity contribution is 6.04. The topological polar surface area (TPSA) is 39.2 Å². The highest BCUT2D eigenvalue weighted by Crippen LogP contribution is 2.30. The predicted octanol–water partition coefficient (Wildman–Crippen LogP) is 3.35. The predicted molar refractivity (Wildman–Crippen MR) is 62.8 cm³/mol. The second-order valence-corrected chi connectivity index (χ2v) is 4.01. The minimum absolute atomic E-state index is 0.151. The molecule has 0 atom stereocenters. The lowest BCUT2D eigenvalue weighted by Gasteiger charge is -2.10. The lowest BCUT2D eigenvalue weighted by molar-refractivity contribution is -0.140. The molecule has 1 aromatic carbocycles. The van der Waals surface area contributed by atoms with Crippen molar-refractivity contribution in [2.24, 2.45) is 0 Å². The lowest BCUT2D eigenvalue weighted by atomic mass is 10.0. The van der Waals surface area contributed by atoms with Crippen LogP contribution in [-0.4, -0.2) is 18.1 Å². The molecule has 0 fully saturated rings. The second kappa shape index (κ2) is 4.53. The maximum absolute atomic E-state index is 12.6. The minimum atomic E-state index is -4.51. The normalized spacial score (nSPS) is 11.6. The fraction of sp³-hybridized carbons (Fsp3) is 0.231. The van der Waals surface area contributed by atoms with Crippen LogP contribution in [-0.2, 0) is 10.9 Å². The summed E-state index contributed by atoms with van der Waals surface area (Å²) in [6.07, 6.45) is -4.51. The van der Waals surface area contributed by atoms with Crippen LogP contribution in [0.25, 0.3) is 10.9 Å². The van der Waals surface area contributed by atoms with Gasteiger partial charge in [-0.2, -0.15) is 13.2 Å². The van der Waals surface area contributed by atoms with E-state index in [2.05, 4.69) is 9.72 Å². The van der Waals surface area contributed by atoms with E-state index in [1.807, 2.05) is 0 Å². The van der Waals surface area contributed by atoms with Gasteiger partial charge in [-0.25, -0.2) is 9.78 Å². The van der Waals surface area contributed by atoms with Gasteiger partial charge in [-0.1, -0.05) is 6.07 Å². The van der Waals surface area contributed by atoms with Gasteiger partial charge in [-0.3, -0.25) is 0 Å². The Kier molecular flexibility index (Phi) is 3.18. The van der Waals surface area contributed by atoms with Crippen molar-refractivity contribution in [1.82, 2.24) is 4.98 Å². The minimum Gasteiger partial charge on any atom is -0.465 e. The largest absolute Gasteiger partial charge is 0.465 e. The van der Waals surface area contributed by atoms with Crippen molar-refractivity contribution < 1.29 is 22.7 Å². The summed E-state index contributed by atoms with van der Waals surface area (Å²) in [5.41, 5.74) is -0.0686. The number of carbonyl (C=O) groups is 1. The van der Waals surface area contributed by atoms with E-state index < -0.39 is 17.8 Å². The van der Waals surface area contributed by atoms with Crippen LogP contribution in [0.5, 0.6) is 0 Å². The highest BCUT2D eigenvalue weighted by atomic mass is 19.4. The first-order valence-corrected chi connectivity index (χ1v) is 5.40. The number of benzene rings is 1. The zero-order valence-corrected chi connectivity index (χ0v) is 10.2. The Bertz CT molecular complexity index is 650. The van der Waals surface area contributed by atoms with Gasteiger partial charge in [0.05, 0.1) is 18.2 Å². The van der Waals surface area contributed by atoms with E-state index >= 15 is 0 Å². The fourth-order valence-corrected chi connectivity index (χ4v) is 1.80. The molecule has 0 spiro atoms. The van der Waals surface area contributed by atoms with Gasteiger partial charge in [-0.15, -0.1) is 0 Å². The molecule has 3 nitrogen and oxygen atoms in total. The van der Waals surface area contributed by atoms with E-state index in [1.165, 1.54) is 19.2 Å². The van der Waals surface area contributed by atoms with Crippen molar-refractivity contribution in [3.63, 3.8) is 0 Å². The molecule has 0 saturated carbocycles. The number of hydrogen-bond acceptors (Lipinski definition) is 3. The molecule has 6 heteroatoms. The number of aromatic nitrogens is 1. The Morgan fingerprint density at radius 1 is 1.21 bits per heavy atom. The van der Waals surface area contributed by atoms with Gasteiger partial charge in [0.1, 0.15) is 5.69 Å². The molecule has 2 rings (SSSR count). The van der Waals surface area contributed by atoms with E-state index in [4.69, 9.17) is 0 Å². The summed E-state index contributed by atoms with van der Waals surface area (Å²) in [4.78, 5) is 15.1. The maximum Gasteiger partial charge on any atom is 0.433 e. The van der Waals surface area contributed by atoms with Gasteiger partial charge in [0.15, 0.2) is 0 Å². The Hall–Kier alpha value is -2.11. The number of halogens is 3. The molecule has 0 N–H and O–H groups in total. The molecule has 0 saturated heterocycles. The first kappa shape index (κ1) is 13.3. The van der Waals surface area contributed by atoms with Crippen LogP contribution in [0.4, 0.5) is 13.2 Å². The highest BCUT2D eigenvalue weighted by Gasteiger charge is 2.32. The maximum atomic E-state index is 12.6. The molecule has 0 bridgehead atoms. The quantitative estimate of drug-likeness (QED) is 0.745. The third kappa shape index (κ3) is 2.38. The average molecular weight is 269 g/mol. The molecule has 0 amide bonds. The fourth-order valence-electron chi connectivity index (χ4n) is 1.80. The summed E-state index contributed by atoms with van der Waals surface area (Å²) in [6.45, 7) is 1.64. The first-order valence-electron chi connectivity index (χ1n) is 5.40. The van der Waals surface area contributed by atoms with Crippen LogP contribution < -0.4 is 0 Å². The number of esters is 1. The van der Waals surface area contributed by atoms with Crippen LogP contribution in [0, 0.1) is 6.92 Å². The van der Waals surface area contributed by atoms with Crippen LogP contribution in [0.3, 0.4) is 0 Å². The number of aryl methyl sites for hydroxylation is 1. The number of rotatable bonds is 1. The van der Waals surface area contributed by atoms with Crippen LogP contribution in [0.1, 0.15) is 21.6 Å². The van der Waals surface area contributed by atoms with Gasteiger partial charge < -0.3 is 4.74 Å². The van der Waals surface area contributed by atoms with Gasteiger partial charge in [0.25, 0.3) is 0 Å². The van der Waals surface area contributed by atoms with Crippen molar-refractivity contribution in [3.8, 4) is 0 Å². The van der Waals surface area contributed by atoms with Gasteiger partial charge in [0, 0.05) is 5.39 Å². The van der Waals surface area contributed by atoms with Crippen molar-refractivity contribution in [1.29, 1.82) is 0 Å². The number of methoxy groups -OCH3 is 1. The molecule has 2 aromatic rings. The lowest BCUT2D eigenvalue weighted by Crippen LogP contribution is -2.09. The standard InChI is InChI=1S/C13H10F3NO2/c1-7-3-4-9(12(18)19-2)8-5-6-10(13(14,15)16)17-11(7)8/h3-6H,1-2H3. The number of hydrogen-bond donors (Lipinski definition) is 0. The molecule has 0 aliphatic rings.